The van der Waals surface area contributed by atoms with Crippen molar-refractivity contribution in [2.24, 2.45) is 5.92 Å². The highest BCUT2D eigenvalue weighted by Gasteiger charge is 2.39. The number of hydrogen-bond donors (Lipinski definition) is 1. The quantitative estimate of drug-likeness (QED) is 0.449. The Kier molecular flexibility index (Phi) is 5.62. The first-order chi connectivity index (χ1) is 13.5. The van der Waals surface area contributed by atoms with Gasteiger partial charge in [-0.3, -0.25) is 0 Å². The predicted molar refractivity (Wildman–Crippen MR) is 108 cm³/mol. The molecular formula is C20H26N2O6S. The summed E-state index contributed by atoms with van der Waals surface area (Å²) >= 11 is 0. The highest BCUT2D eigenvalue weighted by molar-refractivity contribution is 7.90. The molecule has 1 aromatic rings. The number of piperidine rings is 1. The van der Waals surface area contributed by atoms with Gasteiger partial charge < -0.3 is 19.7 Å². The van der Waals surface area contributed by atoms with Gasteiger partial charge in [-0.2, -0.15) is 0 Å². The molecular weight excluding hydrogens is 396 g/mol. The van der Waals surface area contributed by atoms with E-state index in [2.05, 4.69) is 17.1 Å². The third-order valence-corrected chi connectivity index (χ3v) is 6.00. The first-order valence-electron chi connectivity index (χ1n) is 9.49. The molecule has 9 heteroatoms. The van der Waals surface area contributed by atoms with E-state index in [1.165, 1.54) is 32.4 Å². The second-order valence-corrected chi connectivity index (χ2v) is 10.0. The second-order valence-electron chi connectivity index (χ2n) is 8.03. The van der Waals surface area contributed by atoms with Crippen LogP contribution in [0.15, 0.2) is 34.9 Å². The number of nitrogens with zero attached hydrogens (tertiary/aromatic N) is 1. The fraction of sp³-hybridized carbons (Fsp3) is 0.500. The van der Waals surface area contributed by atoms with Gasteiger partial charge in [-0.25, -0.2) is 18.0 Å². The van der Waals surface area contributed by atoms with Gasteiger partial charge in [0.2, 0.25) is 0 Å². The molecule has 0 radical (unpaired) electrons. The van der Waals surface area contributed by atoms with Crippen molar-refractivity contribution < 1.29 is 27.5 Å². The third kappa shape index (κ3) is 4.90. The van der Waals surface area contributed by atoms with Crippen LogP contribution in [0.4, 0.5) is 11.4 Å². The van der Waals surface area contributed by atoms with Crippen LogP contribution in [0, 0.1) is 5.92 Å². The van der Waals surface area contributed by atoms with Gasteiger partial charge in [-0.1, -0.05) is 6.92 Å². The lowest BCUT2D eigenvalue weighted by atomic mass is 10.00. The number of sulfone groups is 1. The van der Waals surface area contributed by atoms with Crippen molar-refractivity contribution >= 4 is 33.2 Å². The highest BCUT2D eigenvalue weighted by Crippen LogP contribution is 2.32. The number of nitrogens with one attached hydrogen (secondary N) is 1. The summed E-state index contributed by atoms with van der Waals surface area (Å²) in [7, 11) is -3.42. The van der Waals surface area contributed by atoms with Crippen LogP contribution in [-0.4, -0.2) is 45.5 Å². The number of hydrogen-bond acceptors (Lipinski definition) is 8. The van der Waals surface area contributed by atoms with Crippen molar-refractivity contribution in [1.29, 1.82) is 0 Å². The number of carbonyl (C=O) groups is 2. The summed E-state index contributed by atoms with van der Waals surface area (Å²) in [6.07, 6.45) is 4.50. The molecule has 1 aromatic carbocycles. The summed E-state index contributed by atoms with van der Waals surface area (Å²) in [5, 5.41) is 2.89. The van der Waals surface area contributed by atoms with Crippen molar-refractivity contribution in [3.05, 3.63) is 30.0 Å². The third-order valence-electron chi connectivity index (χ3n) is 4.86. The number of cyclic esters (lactones) is 2. The highest BCUT2D eigenvalue weighted by atomic mass is 32.2. The topological polar surface area (TPSA) is 102 Å². The molecule has 2 fully saturated rings. The Hall–Kier alpha value is -2.55. The van der Waals surface area contributed by atoms with E-state index in [0.717, 1.165) is 25.9 Å². The van der Waals surface area contributed by atoms with Crippen LogP contribution in [0.2, 0.25) is 0 Å². The molecule has 0 aliphatic carbocycles. The Bertz CT molecular complexity index is 945. The van der Waals surface area contributed by atoms with Crippen molar-refractivity contribution in [3.8, 4) is 0 Å². The lowest BCUT2D eigenvalue weighted by molar-refractivity contribution is -0.222. The number of benzene rings is 1. The monoisotopic (exact) mass is 422 g/mol. The van der Waals surface area contributed by atoms with E-state index < -0.39 is 27.6 Å². The van der Waals surface area contributed by atoms with Crippen LogP contribution in [0.25, 0.3) is 0 Å². The SMILES string of the molecule is CC1CCCN(c2cc(NC=C3C(=O)OC(C)(C)OC3=O)ccc2S(C)(=O)=O)C1. The Morgan fingerprint density at radius 1 is 1.21 bits per heavy atom. The molecule has 8 nitrogen and oxygen atoms in total. The Morgan fingerprint density at radius 2 is 1.86 bits per heavy atom. The Balaban J connectivity index is 1.90. The average Bonchev–Trinajstić information content (AvgIpc) is 2.59. The lowest BCUT2D eigenvalue weighted by Gasteiger charge is -2.34. The van der Waals surface area contributed by atoms with E-state index in [4.69, 9.17) is 9.47 Å². The molecule has 29 heavy (non-hydrogen) atoms. The van der Waals surface area contributed by atoms with Gasteiger partial charge in [0.1, 0.15) is 0 Å². The van der Waals surface area contributed by atoms with Crippen molar-refractivity contribution in [1.82, 2.24) is 0 Å². The maximum atomic E-state index is 12.3. The summed E-state index contributed by atoms with van der Waals surface area (Å²) in [6.45, 7) is 6.62. The number of anilines is 2. The van der Waals surface area contributed by atoms with Crippen molar-refractivity contribution in [3.63, 3.8) is 0 Å². The van der Waals surface area contributed by atoms with Crippen molar-refractivity contribution in [2.45, 2.75) is 44.3 Å². The van der Waals surface area contributed by atoms with Gasteiger partial charge in [-0.05, 0) is 37.0 Å². The van der Waals surface area contributed by atoms with Gasteiger partial charge in [0.15, 0.2) is 15.4 Å². The number of rotatable bonds is 4. The Morgan fingerprint density at radius 3 is 2.45 bits per heavy atom. The number of carbonyl (C=O) groups excluding carboxylic acids is 2. The summed E-state index contributed by atoms with van der Waals surface area (Å²) in [5.74, 6) is -2.40. The van der Waals surface area contributed by atoms with E-state index in [0.29, 0.717) is 17.3 Å². The maximum absolute atomic E-state index is 12.3. The summed E-state index contributed by atoms with van der Waals surface area (Å²) < 4.78 is 34.6. The smallest absolute Gasteiger partial charge is 0.350 e. The average molecular weight is 423 g/mol. The first kappa shape index (κ1) is 21.2. The first-order valence-corrected chi connectivity index (χ1v) is 11.4. The van der Waals surface area contributed by atoms with Crippen LogP contribution < -0.4 is 10.2 Å². The van der Waals surface area contributed by atoms with Crippen LogP contribution in [0.5, 0.6) is 0 Å². The molecule has 0 bridgehead atoms. The maximum Gasteiger partial charge on any atom is 0.350 e. The minimum Gasteiger partial charge on any atom is -0.419 e. The molecule has 0 spiro atoms. The molecule has 158 valence electrons. The molecule has 1 unspecified atom stereocenters. The molecule has 2 saturated heterocycles. The van der Waals surface area contributed by atoms with Crippen molar-refractivity contribution in [2.75, 3.05) is 29.6 Å². The molecule has 1 N–H and O–H groups in total. The molecule has 1 atom stereocenters. The Labute approximate surface area is 170 Å². The fourth-order valence-corrected chi connectivity index (χ4v) is 4.39. The fourth-order valence-electron chi connectivity index (χ4n) is 3.51. The summed E-state index contributed by atoms with van der Waals surface area (Å²) in [5.41, 5.74) is 0.894. The second kappa shape index (κ2) is 7.70. The molecule has 2 heterocycles. The molecule has 0 amide bonds. The zero-order valence-electron chi connectivity index (χ0n) is 17.0. The summed E-state index contributed by atoms with van der Waals surface area (Å²) in [6, 6.07) is 4.84. The van der Waals surface area contributed by atoms with E-state index in [1.807, 2.05) is 0 Å². The lowest BCUT2D eigenvalue weighted by Crippen LogP contribution is -2.42. The van der Waals surface area contributed by atoms with E-state index in [-0.39, 0.29) is 10.5 Å². The van der Waals surface area contributed by atoms with Gasteiger partial charge in [0, 0.05) is 45.1 Å². The van der Waals surface area contributed by atoms with Crippen LogP contribution >= 0.6 is 0 Å². The van der Waals surface area contributed by atoms with E-state index in [9.17, 15) is 18.0 Å². The van der Waals surface area contributed by atoms with E-state index in [1.54, 1.807) is 12.1 Å². The van der Waals surface area contributed by atoms with Crippen LogP contribution in [0.1, 0.15) is 33.6 Å². The zero-order valence-corrected chi connectivity index (χ0v) is 17.8. The molecule has 0 aromatic heterocycles. The molecule has 2 aliphatic heterocycles. The molecule has 3 rings (SSSR count). The largest absolute Gasteiger partial charge is 0.419 e. The molecule has 0 saturated carbocycles. The van der Waals surface area contributed by atoms with Gasteiger partial charge in [-0.15, -0.1) is 0 Å². The van der Waals surface area contributed by atoms with Crippen LogP contribution in [-0.2, 0) is 28.9 Å². The van der Waals surface area contributed by atoms with Gasteiger partial charge in [0.25, 0.3) is 5.79 Å². The summed E-state index contributed by atoms with van der Waals surface area (Å²) in [4.78, 5) is 26.4. The normalized spacial score (nSPS) is 22.0. The molecule has 2 aliphatic rings. The van der Waals surface area contributed by atoms with Gasteiger partial charge in [0.05, 0.1) is 10.6 Å². The minimum atomic E-state index is -3.42. The van der Waals surface area contributed by atoms with Crippen LogP contribution in [0.3, 0.4) is 0 Å². The number of esters is 2. The van der Waals surface area contributed by atoms with Gasteiger partial charge >= 0.3 is 11.9 Å². The number of ether oxygens (including phenoxy) is 2. The zero-order chi connectivity index (χ0) is 21.4. The van der Waals surface area contributed by atoms with E-state index >= 15 is 0 Å². The standard InChI is InChI=1S/C20H26N2O6S/c1-13-6-5-9-22(12-13)16-10-14(7-8-17(16)29(4,25)26)21-11-15-18(23)27-20(2,3)28-19(15)24/h7-8,10-11,13,21H,5-6,9,12H2,1-4H3. The minimum absolute atomic E-state index is 0.253. The predicted octanol–water partition coefficient (Wildman–Crippen LogP) is 2.46.